The molecular weight excluding hydrogens is 557 g/mol. The predicted molar refractivity (Wildman–Crippen MR) is 158 cm³/mol. The van der Waals surface area contributed by atoms with Crippen molar-refractivity contribution in [3.63, 3.8) is 0 Å². The Bertz CT molecular complexity index is 1380. The lowest BCUT2D eigenvalue weighted by Gasteiger charge is -2.33. The van der Waals surface area contributed by atoms with Gasteiger partial charge in [-0.3, -0.25) is 13.9 Å². The fraction of sp³-hybridized carbons (Fsp3) is 0.310. The van der Waals surface area contributed by atoms with Crippen molar-refractivity contribution in [1.82, 2.24) is 10.2 Å². The maximum Gasteiger partial charge on any atom is 0.244 e. The van der Waals surface area contributed by atoms with E-state index in [-0.39, 0.29) is 34.6 Å². The smallest absolute Gasteiger partial charge is 0.244 e. The van der Waals surface area contributed by atoms with Gasteiger partial charge in [-0.1, -0.05) is 90.3 Å². The van der Waals surface area contributed by atoms with E-state index in [4.69, 9.17) is 23.2 Å². The largest absolute Gasteiger partial charge is 0.354 e. The summed E-state index contributed by atoms with van der Waals surface area (Å²) in [5.74, 6) is -0.832. The molecule has 0 bridgehead atoms. The summed E-state index contributed by atoms with van der Waals surface area (Å²) >= 11 is 12.2. The summed E-state index contributed by atoms with van der Waals surface area (Å²) in [5, 5.41) is 3.34. The lowest BCUT2D eigenvalue weighted by Crippen LogP contribution is -2.53. The molecule has 0 aliphatic carbocycles. The summed E-state index contributed by atoms with van der Waals surface area (Å²) in [7, 11) is -3.89. The summed E-state index contributed by atoms with van der Waals surface area (Å²) < 4.78 is 26.6. The van der Waals surface area contributed by atoms with Crippen LogP contribution in [-0.4, -0.2) is 50.5 Å². The van der Waals surface area contributed by atoms with Crippen LogP contribution in [0.25, 0.3) is 0 Å². The number of benzene rings is 3. The molecule has 3 aromatic carbocycles. The van der Waals surface area contributed by atoms with Crippen molar-refractivity contribution in [3.05, 3.63) is 99.5 Å². The maximum absolute atomic E-state index is 14.0. The zero-order chi connectivity index (χ0) is 28.6. The van der Waals surface area contributed by atoms with Crippen molar-refractivity contribution < 1.29 is 18.0 Å². The van der Waals surface area contributed by atoms with E-state index in [1.165, 1.54) is 23.1 Å². The summed E-state index contributed by atoms with van der Waals surface area (Å²) in [6.07, 6.45) is 2.01. The Kier molecular flexibility index (Phi) is 10.8. The normalized spacial score (nSPS) is 12.0. The van der Waals surface area contributed by atoms with Crippen molar-refractivity contribution in [3.8, 4) is 0 Å². The number of amides is 2. The molecule has 1 N–H and O–H groups in total. The molecule has 2 amide bonds. The van der Waals surface area contributed by atoms with Crippen LogP contribution in [0.2, 0.25) is 10.0 Å². The number of aryl methyl sites for hydroxylation is 1. The van der Waals surface area contributed by atoms with E-state index in [1.807, 2.05) is 68.4 Å². The molecule has 3 aromatic rings. The molecule has 0 heterocycles. The van der Waals surface area contributed by atoms with E-state index in [0.29, 0.717) is 6.54 Å². The molecule has 1 atom stereocenters. The summed E-state index contributed by atoms with van der Waals surface area (Å²) in [6.45, 7) is 3.97. The second-order valence-corrected chi connectivity index (χ2v) is 12.1. The SMILES string of the molecule is CCCNC(=O)[C@H](Cc1ccccc1)N(Cc1ccc(C)cc1)C(=O)CN(c1ccc(Cl)c(Cl)c1)S(C)(=O)=O. The third kappa shape index (κ3) is 8.71. The van der Waals surface area contributed by atoms with Gasteiger partial charge < -0.3 is 10.2 Å². The number of halogens is 2. The number of nitrogens with one attached hydrogen (secondary N) is 1. The highest BCUT2D eigenvalue weighted by Gasteiger charge is 2.33. The van der Waals surface area contributed by atoms with Crippen LogP contribution in [0.4, 0.5) is 5.69 Å². The van der Waals surface area contributed by atoms with Crippen LogP contribution in [0.3, 0.4) is 0 Å². The molecule has 208 valence electrons. The van der Waals surface area contributed by atoms with Crippen LogP contribution in [0.1, 0.15) is 30.0 Å². The average molecular weight is 591 g/mol. The van der Waals surface area contributed by atoms with E-state index in [1.54, 1.807) is 0 Å². The summed E-state index contributed by atoms with van der Waals surface area (Å²) in [6, 6.07) is 20.6. The van der Waals surface area contributed by atoms with Crippen LogP contribution >= 0.6 is 23.2 Å². The van der Waals surface area contributed by atoms with Gasteiger partial charge in [0.25, 0.3) is 0 Å². The molecule has 0 aromatic heterocycles. The van der Waals surface area contributed by atoms with Gasteiger partial charge in [-0.2, -0.15) is 0 Å². The van der Waals surface area contributed by atoms with Gasteiger partial charge in [0.05, 0.1) is 22.0 Å². The van der Waals surface area contributed by atoms with Crippen molar-refractivity contribution in [1.29, 1.82) is 0 Å². The van der Waals surface area contributed by atoms with Crippen LogP contribution in [0.15, 0.2) is 72.8 Å². The first kappa shape index (κ1) is 30.5. The quantitative estimate of drug-likeness (QED) is 0.313. The molecule has 39 heavy (non-hydrogen) atoms. The molecule has 0 fully saturated rings. The second kappa shape index (κ2) is 13.8. The third-order valence-electron chi connectivity index (χ3n) is 6.16. The molecule has 3 rings (SSSR count). The van der Waals surface area contributed by atoms with Crippen LogP contribution in [0.5, 0.6) is 0 Å². The molecule has 10 heteroatoms. The Morgan fingerprint density at radius 2 is 1.59 bits per heavy atom. The first-order valence-corrected chi connectivity index (χ1v) is 15.2. The van der Waals surface area contributed by atoms with Gasteiger partial charge in [-0.15, -0.1) is 0 Å². The first-order chi connectivity index (χ1) is 18.5. The van der Waals surface area contributed by atoms with E-state index < -0.39 is 28.5 Å². The number of hydrogen-bond donors (Lipinski definition) is 1. The van der Waals surface area contributed by atoms with Crippen LogP contribution in [-0.2, 0) is 32.6 Å². The monoisotopic (exact) mass is 589 g/mol. The lowest BCUT2D eigenvalue weighted by molar-refractivity contribution is -0.140. The van der Waals surface area contributed by atoms with E-state index in [2.05, 4.69) is 5.32 Å². The number of carbonyl (C=O) groups excluding carboxylic acids is 2. The minimum atomic E-state index is -3.89. The van der Waals surface area contributed by atoms with E-state index >= 15 is 0 Å². The Balaban J connectivity index is 2.04. The third-order valence-corrected chi connectivity index (χ3v) is 8.04. The first-order valence-electron chi connectivity index (χ1n) is 12.6. The van der Waals surface area contributed by atoms with Gasteiger partial charge >= 0.3 is 0 Å². The van der Waals surface area contributed by atoms with E-state index in [9.17, 15) is 18.0 Å². The predicted octanol–water partition coefficient (Wildman–Crippen LogP) is 5.23. The highest BCUT2D eigenvalue weighted by Crippen LogP contribution is 2.29. The van der Waals surface area contributed by atoms with Crippen LogP contribution < -0.4 is 9.62 Å². The second-order valence-electron chi connectivity index (χ2n) is 9.37. The molecular formula is C29H33Cl2N3O4S. The molecule has 0 spiro atoms. The fourth-order valence-corrected chi connectivity index (χ4v) is 5.20. The van der Waals surface area contributed by atoms with Gasteiger partial charge in [0.1, 0.15) is 12.6 Å². The lowest BCUT2D eigenvalue weighted by atomic mass is 10.0. The van der Waals surface area contributed by atoms with Gasteiger partial charge in [-0.25, -0.2) is 8.42 Å². The number of rotatable bonds is 12. The summed E-state index contributed by atoms with van der Waals surface area (Å²) in [5.41, 5.74) is 2.95. The molecule has 7 nitrogen and oxygen atoms in total. The number of nitrogens with zero attached hydrogens (tertiary/aromatic N) is 2. The topological polar surface area (TPSA) is 86.8 Å². The molecule has 0 saturated heterocycles. The van der Waals surface area contributed by atoms with Gasteiger partial charge in [0.15, 0.2) is 0 Å². The van der Waals surface area contributed by atoms with Crippen molar-refractivity contribution in [2.45, 2.75) is 39.3 Å². The zero-order valence-electron chi connectivity index (χ0n) is 22.2. The average Bonchev–Trinajstić information content (AvgIpc) is 2.90. The van der Waals surface area contributed by atoms with Gasteiger partial charge in [0, 0.05) is 19.5 Å². The highest BCUT2D eigenvalue weighted by atomic mass is 35.5. The molecule has 0 aliphatic heterocycles. The maximum atomic E-state index is 14.0. The number of anilines is 1. The van der Waals surface area contributed by atoms with Gasteiger partial charge in [-0.05, 0) is 42.7 Å². The minimum absolute atomic E-state index is 0.120. The van der Waals surface area contributed by atoms with Crippen molar-refractivity contribution >= 4 is 50.7 Å². The highest BCUT2D eigenvalue weighted by molar-refractivity contribution is 7.92. The van der Waals surface area contributed by atoms with E-state index in [0.717, 1.165) is 33.7 Å². The van der Waals surface area contributed by atoms with Crippen molar-refractivity contribution in [2.24, 2.45) is 0 Å². The van der Waals surface area contributed by atoms with Crippen molar-refractivity contribution in [2.75, 3.05) is 23.7 Å². The van der Waals surface area contributed by atoms with Crippen LogP contribution in [0, 0.1) is 6.92 Å². The Morgan fingerprint density at radius 1 is 0.923 bits per heavy atom. The number of sulfonamides is 1. The Labute approximate surface area is 240 Å². The number of hydrogen-bond acceptors (Lipinski definition) is 4. The fourth-order valence-electron chi connectivity index (χ4n) is 4.06. The molecule has 0 unspecified atom stereocenters. The Morgan fingerprint density at radius 3 is 2.18 bits per heavy atom. The molecule has 0 saturated carbocycles. The molecule has 0 aliphatic rings. The summed E-state index contributed by atoms with van der Waals surface area (Å²) in [4.78, 5) is 28.9. The molecule has 0 radical (unpaired) electrons. The standard InChI is InChI=1S/C29H33Cl2N3O4S/c1-4-16-32-29(36)27(17-22-8-6-5-7-9-22)33(19-23-12-10-21(2)11-13-23)28(35)20-34(39(3,37)38)24-14-15-25(30)26(31)18-24/h5-15,18,27H,4,16-17,19-20H2,1-3H3,(H,32,36)/t27-/m0/s1. The Hall–Kier alpha value is -3.07. The van der Waals surface area contributed by atoms with Gasteiger partial charge in [0.2, 0.25) is 21.8 Å². The number of carbonyl (C=O) groups is 2. The zero-order valence-corrected chi connectivity index (χ0v) is 24.6. The minimum Gasteiger partial charge on any atom is -0.354 e.